The van der Waals surface area contributed by atoms with Crippen molar-refractivity contribution in [1.29, 1.82) is 0 Å². The molecule has 0 spiro atoms. The Labute approximate surface area is 142 Å². The summed E-state index contributed by atoms with van der Waals surface area (Å²) in [5, 5.41) is 0. The van der Waals surface area contributed by atoms with Gasteiger partial charge in [-0.15, -0.1) is 0 Å². The minimum atomic E-state index is -3.89. The highest BCUT2D eigenvalue weighted by atomic mass is 35.7. The van der Waals surface area contributed by atoms with Gasteiger partial charge in [0.05, 0.1) is 6.61 Å². The van der Waals surface area contributed by atoms with E-state index in [1.54, 1.807) is 0 Å². The van der Waals surface area contributed by atoms with Crippen LogP contribution >= 0.6 is 10.7 Å². The number of halogens is 1. The molecule has 5 nitrogen and oxygen atoms in total. The van der Waals surface area contributed by atoms with Crippen molar-refractivity contribution in [3.63, 3.8) is 0 Å². The van der Waals surface area contributed by atoms with Crippen LogP contribution in [0.25, 0.3) is 0 Å². The van der Waals surface area contributed by atoms with Crippen LogP contribution in [0.3, 0.4) is 0 Å². The molecule has 1 aromatic carbocycles. The van der Waals surface area contributed by atoms with Gasteiger partial charge in [-0.1, -0.05) is 30.3 Å². The fraction of sp³-hybridized carbons (Fsp3) is 0.562. The molecule has 0 N–H and O–H groups in total. The van der Waals surface area contributed by atoms with E-state index in [1.807, 2.05) is 18.2 Å². The molecule has 1 unspecified atom stereocenters. The van der Waals surface area contributed by atoms with E-state index in [0.717, 1.165) is 30.0 Å². The molecule has 0 saturated carbocycles. The zero-order valence-electron chi connectivity index (χ0n) is 13.0. The number of esters is 1. The maximum absolute atomic E-state index is 12.1. The lowest BCUT2D eigenvalue weighted by Crippen LogP contribution is -2.46. The van der Waals surface area contributed by atoms with E-state index in [4.69, 9.17) is 15.4 Å². The largest absolute Gasteiger partial charge is 0.464 e. The molecule has 1 heterocycles. The van der Waals surface area contributed by atoms with Gasteiger partial charge in [-0.3, -0.25) is 4.79 Å². The number of hydrogen-bond donors (Lipinski definition) is 0. The molecule has 23 heavy (non-hydrogen) atoms. The van der Waals surface area contributed by atoms with Gasteiger partial charge in [-0.2, -0.15) is 12.7 Å². The van der Waals surface area contributed by atoms with Crippen molar-refractivity contribution in [3.05, 3.63) is 35.9 Å². The molecule has 1 aliphatic rings. The predicted octanol–water partition coefficient (Wildman–Crippen LogP) is 2.89. The molecule has 0 aromatic heterocycles. The SMILES string of the molecule is O=C(OCCCCc1ccccc1)C1CCCCN1S(=O)(=O)Cl. The number of rotatable bonds is 7. The quantitative estimate of drug-likeness (QED) is 0.426. The van der Waals surface area contributed by atoms with Gasteiger partial charge in [-0.05, 0) is 44.1 Å². The third kappa shape index (κ3) is 5.79. The summed E-state index contributed by atoms with van der Waals surface area (Å²) < 4.78 is 29.3. The monoisotopic (exact) mass is 359 g/mol. The molecule has 0 amide bonds. The van der Waals surface area contributed by atoms with Crippen molar-refractivity contribution in [2.45, 2.75) is 44.6 Å². The second-order valence-electron chi connectivity index (χ2n) is 5.67. The summed E-state index contributed by atoms with van der Waals surface area (Å²) in [5.74, 6) is -0.492. The van der Waals surface area contributed by atoms with E-state index in [-0.39, 0.29) is 6.54 Å². The number of piperidine rings is 1. The normalized spacial score (nSPS) is 19.4. The number of unbranched alkanes of at least 4 members (excludes halogenated alkanes) is 1. The highest BCUT2D eigenvalue weighted by Crippen LogP contribution is 2.23. The molecule has 0 radical (unpaired) electrons. The molecule has 1 atom stereocenters. The minimum absolute atomic E-state index is 0.277. The van der Waals surface area contributed by atoms with Crippen LogP contribution in [0.1, 0.15) is 37.7 Å². The molecule has 0 bridgehead atoms. The Kier molecular flexibility index (Phi) is 6.87. The number of nitrogens with zero attached hydrogens (tertiary/aromatic N) is 1. The topological polar surface area (TPSA) is 63.7 Å². The summed E-state index contributed by atoms with van der Waals surface area (Å²) >= 11 is 0. The molecular weight excluding hydrogens is 338 g/mol. The number of ether oxygens (including phenoxy) is 1. The summed E-state index contributed by atoms with van der Waals surface area (Å²) in [4.78, 5) is 12.1. The van der Waals surface area contributed by atoms with Gasteiger partial charge in [0.2, 0.25) is 0 Å². The van der Waals surface area contributed by atoms with Crippen LogP contribution in [0.4, 0.5) is 0 Å². The van der Waals surface area contributed by atoms with Gasteiger partial charge in [0, 0.05) is 17.2 Å². The minimum Gasteiger partial charge on any atom is -0.464 e. The smallest absolute Gasteiger partial charge is 0.324 e. The van der Waals surface area contributed by atoms with Gasteiger partial charge in [0.15, 0.2) is 0 Å². The Morgan fingerprint density at radius 2 is 1.96 bits per heavy atom. The summed E-state index contributed by atoms with van der Waals surface area (Å²) in [6.45, 7) is 0.581. The zero-order chi connectivity index (χ0) is 16.7. The molecule has 1 saturated heterocycles. The van der Waals surface area contributed by atoms with E-state index in [0.29, 0.717) is 19.4 Å². The molecular formula is C16H22ClNO4S. The van der Waals surface area contributed by atoms with Crippen LogP contribution < -0.4 is 0 Å². The average molecular weight is 360 g/mol. The highest BCUT2D eigenvalue weighted by molar-refractivity contribution is 8.11. The Morgan fingerprint density at radius 1 is 1.22 bits per heavy atom. The molecule has 2 rings (SSSR count). The first-order valence-corrected chi connectivity index (χ1v) is 10.2. The third-order valence-electron chi connectivity index (χ3n) is 3.95. The van der Waals surface area contributed by atoms with Crippen molar-refractivity contribution in [3.8, 4) is 0 Å². The van der Waals surface area contributed by atoms with Crippen molar-refractivity contribution < 1.29 is 17.9 Å². The van der Waals surface area contributed by atoms with Crippen LogP contribution in [0.5, 0.6) is 0 Å². The van der Waals surface area contributed by atoms with Crippen molar-refractivity contribution >= 4 is 25.9 Å². The first kappa shape index (κ1) is 18.2. The Morgan fingerprint density at radius 3 is 2.65 bits per heavy atom. The maximum Gasteiger partial charge on any atom is 0.324 e. The van der Waals surface area contributed by atoms with Crippen molar-refractivity contribution in [1.82, 2.24) is 4.31 Å². The van der Waals surface area contributed by atoms with E-state index < -0.39 is 21.2 Å². The number of benzene rings is 1. The first-order chi connectivity index (χ1) is 11.0. The van der Waals surface area contributed by atoms with Crippen LogP contribution in [0.2, 0.25) is 0 Å². The lowest BCUT2D eigenvalue weighted by molar-refractivity contribution is -0.149. The van der Waals surface area contributed by atoms with E-state index in [1.165, 1.54) is 5.56 Å². The standard InChI is InChI=1S/C16H22ClNO4S/c17-23(20,21)18-12-6-4-11-15(18)16(19)22-13-7-5-10-14-8-2-1-3-9-14/h1-3,8-9,15H,4-7,10-13H2. The van der Waals surface area contributed by atoms with Crippen molar-refractivity contribution in [2.75, 3.05) is 13.2 Å². The Hall–Kier alpha value is -1.11. The fourth-order valence-corrected chi connectivity index (χ4v) is 4.08. The number of carbonyl (C=O) groups excluding carboxylic acids is 1. The highest BCUT2D eigenvalue weighted by Gasteiger charge is 2.36. The summed E-state index contributed by atoms with van der Waals surface area (Å²) in [6, 6.07) is 9.33. The van der Waals surface area contributed by atoms with Gasteiger partial charge < -0.3 is 4.74 Å². The van der Waals surface area contributed by atoms with Gasteiger partial charge in [0.25, 0.3) is 0 Å². The Balaban J connectivity index is 1.73. The molecule has 128 valence electrons. The summed E-state index contributed by atoms with van der Waals surface area (Å²) in [6.07, 6.45) is 4.59. The van der Waals surface area contributed by atoms with Crippen LogP contribution in [0, 0.1) is 0 Å². The summed E-state index contributed by atoms with van der Waals surface area (Å²) in [5.41, 5.74) is 1.26. The van der Waals surface area contributed by atoms with Crippen LogP contribution in [-0.4, -0.2) is 37.9 Å². The number of carbonyl (C=O) groups is 1. The van der Waals surface area contributed by atoms with Gasteiger partial charge in [0.1, 0.15) is 6.04 Å². The zero-order valence-corrected chi connectivity index (χ0v) is 14.6. The molecule has 0 aliphatic carbocycles. The lowest BCUT2D eigenvalue weighted by atomic mass is 10.1. The maximum atomic E-state index is 12.1. The van der Waals surface area contributed by atoms with E-state index >= 15 is 0 Å². The second-order valence-corrected chi connectivity index (χ2v) is 8.14. The molecule has 7 heteroatoms. The molecule has 1 fully saturated rings. The van der Waals surface area contributed by atoms with E-state index in [9.17, 15) is 13.2 Å². The van der Waals surface area contributed by atoms with Crippen molar-refractivity contribution in [2.24, 2.45) is 0 Å². The molecule has 1 aromatic rings. The second kappa shape index (κ2) is 8.66. The predicted molar refractivity (Wildman–Crippen MR) is 89.5 cm³/mol. The third-order valence-corrected chi connectivity index (χ3v) is 5.48. The van der Waals surface area contributed by atoms with E-state index in [2.05, 4.69) is 12.1 Å². The van der Waals surface area contributed by atoms with Gasteiger partial charge >= 0.3 is 15.2 Å². The number of aryl methyl sites for hydroxylation is 1. The van der Waals surface area contributed by atoms with Gasteiger partial charge in [-0.25, -0.2) is 0 Å². The average Bonchev–Trinajstić information content (AvgIpc) is 2.54. The van der Waals surface area contributed by atoms with Crippen LogP contribution in [-0.2, 0) is 25.2 Å². The first-order valence-electron chi connectivity index (χ1n) is 7.90. The fourth-order valence-electron chi connectivity index (χ4n) is 2.75. The summed E-state index contributed by atoms with van der Waals surface area (Å²) in [7, 11) is 1.51. The molecule has 1 aliphatic heterocycles. The lowest BCUT2D eigenvalue weighted by Gasteiger charge is -2.30. The Bertz CT molecular complexity index is 606. The number of hydrogen-bond acceptors (Lipinski definition) is 4. The van der Waals surface area contributed by atoms with Crippen LogP contribution in [0.15, 0.2) is 30.3 Å².